The summed E-state index contributed by atoms with van der Waals surface area (Å²) in [5, 5.41) is 13.3. The first-order chi connectivity index (χ1) is 13.7. The molecule has 28 heavy (non-hydrogen) atoms. The van der Waals surface area contributed by atoms with E-state index in [0.717, 1.165) is 35.6 Å². The number of benzene rings is 2. The minimum Gasteiger partial charge on any atom is -0.497 e. The van der Waals surface area contributed by atoms with Crippen molar-refractivity contribution in [3.8, 4) is 23.0 Å². The number of methoxy groups -OCH3 is 2. The van der Waals surface area contributed by atoms with Gasteiger partial charge in [0.05, 0.1) is 19.9 Å². The molecule has 2 heterocycles. The molecule has 0 amide bonds. The number of oxime groups is 1. The first kappa shape index (κ1) is 18.4. The normalized spacial score (nSPS) is 18.7. The van der Waals surface area contributed by atoms with Gasteiger partial charge in [-0.1, -0.05) is 17.3 Å². The molecule has 1 N–H and O–H groups in total. The van der Waals surface area contributed by atoms with Crippen LogP contribution in [0, 0.1) is 0 Å². The third-order valence-corrected chi connectivity index (χ3v) is 5.46. The van der Waals surface area contributed by atoms with Gasteiger partial charge >= 0.3 is 0 Å². The number of rotatable bonds is 5. The standard InChI is InChI=1S/C21H24N2O5/c1-23-8-7-14-10-18-20(28-12-27-18)21(26-3)19(14)17(23)11-16(22-24)13-5-4-6-15(9-13)25-2/h4-6,9-10,17,24H,7-8,11-12H2,1-3H3/t17-/m1/s1. The summed E-state index contributed by atoms with van der Waals surface area (Å²) in [6, 6.07) is 9.56. The Morgan fingerprint density at radius 2 is 2.11 bits per heavy atom. The van der Waals surface area contributed by atoms with Gasteiger partial charge in [-0.05, 0) is 37.2 Å². The van der Waals surface area contributed by atoms with Crippen molar-refractivity contribution in [2.45, 2.75) is 18.9 Å². The van der Waals surface area contributed by atoms with Crippen LogP contribution in [0.2, 0.25) is 0 Å². The molecule has 4 rings (SSSR count). The van der Waals surface area contributed by atoms with E-state index >= 15 is 0 Å². The van der Waals surface area contributed by atoms with Crippen LogP contribution < -0.4 is 18.9 Å². The Hall–Kier alpha value is -2.93. The van der Waals surface area contributed by atoms with Crippen molar-refractivity contribution in [2.24, 2.45) is 5.16 Å². The molecule has 0 saturated heterocycles. The Morgan fingerprint density at radius 3 is 2.86 bits per heavy atom. The molecule has 2 aliphatic rings. The van der Waals surface area contributed by atoms with Gasteiger partial charge in [0.25, 0.3) is 0 Å². The quantitative estimate of drug-likeness (QED) is 0.485. The molecule has 0 unspecified atom stereocenters. The monoisotopic (exact) mass is 384 g/mol. The summed E-state index contributed by atoms with van der Waals surface area (Å²) in [6.07, 6.45) is 1.41. The Labute approximate surface area is 164 Å². The van der Waals surface area contributed by atoms with Crippen molar-refractivity contribution in [3.63, 3.8) is 0 Å². The molecule has 0 aromatic heterocycles. The average molecular weight is 384 g/mol. The number of ether oxygens (including phenoxy) is 4. The lowest BCUT2D eigenvalue weighted by Crippen LogP contribution is -2.34. The summed E-state index contributed by atoms with van der Waals surface area (Å²) in [5.74, 6) is 2.79. The van der Waals surface area contributed by atoms with Gasteiger partial charge in [0.1, 0.15) is 5.75 Å². The lowest BCUT2D eigenvalue weighted by atomic mass is 9.87. The summed E-state index contributed by atoms with van der Waals surface area (Å²) in [7, 11) is 5.33. The molecule has 0 bridgehead atoms. The highest BCUT2D eigenvalue weighted by atomic mass is 16.7. The van der Waals surface area contributed by atoms with E-state index < -0.39 is 0 Å². The highest BCUT2D eigenvalue weighted by molar-refractivity contribution is 6.01. The zero-order valence-electron chi connectivity index (χ0n) is 16.3. The predicted molar refractivity (Wildman–Crippen MR) is 104 cm³/mol. The van der Waals surface area contributed by atoms with E-state index in [9.17, 15) is 5.21 Å². The van der Waals surface area contributed by atoms with Crippen molar-refractivity contribution in [3.05, 3.63) is 47.0 Å². The molecular formula is C21H24N2O5. The summed E-state index contributed by atoms with van der Waals surface area (Å²) < 4.78 is 22.3. The minimum absolute atomic E-state index is 0.0229. The average Bonchev–Trinajstić information content (AvgIpc) is 3.20. The topological polar surface area (TPSA) is 72.8 Å². The van der Waals surface area contributed by atoms with Crippen molar-refractivity contribution in [1.82, 2.24) is 4.90 Å². The van der Waals surface area contributed by atoms with Crippen LogP contribution in [0.3, 0.4) is 0 Å². The summed E-state index contributed by atoms with van der Waals surface area (Å²) in [6.45, 7) is 1.08. The fourth-order valence-electron chi connectivity index (χ4n) is 3.99. The van der Waals surface area contributed by atoms with Crippen LogP contribution >= 0.6 is 0 Å². The number of hydrogen-bond donors (Lipinski definition) is 1. The lowest BCUT2D eigenvalue weighted by molar-refractivity contribution is 0.170. The van der Waals surface area contributed by atoms with Crippen molar-refractivity contribution in [1.29, 1.82) is 0 Å². The Morgan fingerprint density at radius 1 is 1.25 bits per heavy atom. The molecule has 7 nitrogen and oxygen atoms in total. The van der Waals surface area contributed by atoms with E-state index in [4.69, 9.17) is 18.9 Å². The first-order valence-corrected chi connectivity index (χ1v) is 9.21. The molecule has 7 heteroatoms. The maximum Gasteiger partial charge on any atom is 0.231 e. The Balaban J connectivity index is 1.74. The summed E-state index contributed by atoms with van der Waals surface area (Å²) in [5.41, 5.74) is 3.64. The van der Waals surface area contributed by atoms with Crippen LogP contribution in [-0.4, -0.2) is 50.4 Å². The number of fused-ring (bicyclic) bond motifs is 2. The molecular weight excluding hydrogens is 360 g/mol. The van der Waals surface area contributed by atoms with E-state index in [-0.39, 0.29) is 12.8 Å². The van der Waals surface area contributed by atoms with Crippen molar-refractivity contribution in [2.75, 3.05) is 34.6 Å². The molecule has 0 fully saturated rings. The lowest BCUT2D eigenvalue weighted by Gasteiger charge is -2.36. The fraction of sp³-hybridized carbons (Fsp3) is 0.381. The molecule has 148 valence electrons. The van der Waals surface area contributed by atoms with E-state index in [1.165, 1.54) is 5.56 Å². The number of hydrogen-bond acceptors (Lipinski definition) is 7. The van der Waals surface area contributed by atoms with Gasteiger partial charge in [-0.2, -0.15) is 0 Å². The number of nitrogens with zero attached hydrogens (tertiary/aromatic N) is 2. The first-order valence-electron chi connectivity index (χ1n) is 9.21. The van der Waals surface area contributed by atoms with Crippen LogP contribution in [0.1, 0.15) is 29.2 Å². The summed E-state index contributed by atoms with van der Waals surface area (Å²) in [4.78, 5) is 2.25. The van der Waals surface area contributed by atoms with Gasteiger partial charge in [0.15, 0.2) is 11.5 Å². The highest BCUT2D eigenvalue weighted by Gasteiger charge is 2.34. The van der Waals surface area contributed by atoms with Gasteiger partial charge in [-0.3, -0.25) is 4.90 Å². The van der Waals surface area contributed by atoms with Gasteiger partial charge in [0, 0.05) is 30.1 Å². The fourth-order valence-corrected chi connectivity index (χ4v) is 3.99. The largest absolute Gasteiger partial charge is 0.497 e. The Kier molecular flexibility index (Phi) is 5.00. The molecule has 0 radical (unpaired) electrons. The molecule has 0 aliphatic carbocycles. The molecule has 1 atom stereocenters. The molecule has 0 saturated carbocycles. The third-order valence-electron chi connectivity index (χ3n) is 5.46. The zero-order valence-corrected chi connectivity index (χ0v) is 16.3. The second-order valence-electron chi connectivity index (χ2n) is 6.95. The molecule has 2 aliphatic heterocycles. The maximum atomic E-state index is 9.74. The van der Waals surface area contributed by atoms with Gasteiger partial charge < -0.3 is 24.2 Å². The summed E-state index contributed by atoms with van der Waals surface area (Å²) >= 11 is 0. The molecule has 0 spiro atoms. The maximum absolute atomic E-state index is 9.74. The van der Waals surface area contributed by atoms with E-state index in [2.05, 4.69) is 17.1 Å². The van der Waals surface area contributed by atoms with Crippen LogP contribution in [0.25, 0.3) is 0 Å². The van der Waals surface area contributed by atoms with Crippen LogP contribution in [0.15, 0.2) is 35.5 Å². The number of likely N-dealkylation sites (N-methyl/N-ethyl adjacent to an activating group) is 1. The SMILES string of the molecule is COc1cccc(C(C[C@@H]2c3c(cc4c(c3OC)OCO4)CCN2C)=NO)c1. The van der Waals surface area contributed by atoms with Crippen LogP contribution in [0.4, 0.5) is 0 Å². The highest BCUT2D eigenvalue weighted by Crippen LogP contribution is 2.50. The molecule has 2 aromatic carbocycles. The van der Waals surface area contributed by atoms with Gasteiger partial charge in [-0.25, -0.2) is 0 Å². The van der Waals surface area contributed by atoms with E-state index in [1.807, 2.05) is 30.3 Å². The van der Waals surface area contributed by atoms with Gasteiger partial charge in [-0.15, -0.1) is 0 Å². The van der Waals surface area contributed by atoms with Crippen molar-refractivity contribution < 1.29 is 24.2 Å². The minimum atomic E-state index is -0.0229. The zero-order chi connectivity index (χ0) is 19.7. The van der Waals surface area contributed by atoms with Gasteiger partial charge in [0.2, 0.25) is 12.5 Å². The third kappa shape index (κ3) is 3.11. The smallest absolute Gasteiger partial charge is 0.231 e. The second-order valence-corrected chi connectivity index (χ2v) is 6.95. The van der Waals surface area contributed by atoms with Crippen LogP contribution in [0.5, 0.6) is 23.0 Å². The van der Waals surface area contributed by atoms with E-state index in [1.54, 1.807) is 14.2 Å². The van der Waals surface area contributed by atoms with E-state index in [0.29, 0.717) is 23.6 Å². The Bertz CT molecular complexity index is 912. The van der Waals surface area contributed by atoms with Crippen molar-refractivity contribution >= 4 is 5.71 Å². The van der Waals surface area contributed by atoms with Crippen LogP contribution in [-0.2, 0) is 6.42 Å². The predicted octanol–water partition coefficient (Wildman–Crippen LogP) is 3.23. The molecule has 2 aromatic rings. The second kappa shape index (κ2) is 7.59.